The summed E-state index contributed by atoms with van der Waals surface area (Å²) in [6.45, 7) is 0. The summed E-state index contributed by atoms with van der Waals surface area (Å²) in [5.74, 6) is -2.72. The molecule has 0 aliphatic carbocycles. The first-order valence-electron chi connectivity index (χ1n) is 7.30. The van der Waals surface area contributed by atoms with E-state index in [1.165, 1.54) is 18.3 Å². The predicted octanol–water partition coefficient (Wildman–Crippen LogP) is 4.36. The second-order valence-corrected chi connectivity index (χ2v) is 7.06. The van der Waals surface area contributed by atoms with E-state index < -0.39 is 23.8 Å². The first kappa shape index (κ1) is 18.6. The number of rotatable bonds is 3. The van der Waals surface area contributed by atoms with E-state index in [4.69, 9.17) is 23.2 Å². The normalized spacial score (nSPS) is 17.7. The third kappa shape index (κ3) is 3.80. The average Bonchev–Trinajstić information content (AvgIpc) is 2.57. The molecule has 9 heteroatoms. The second-order valence-electron chi connectivity index (χ2n) is 5.30. The number of carbonyl (C=O) groups excluding carboxylic acids is 3. The molecule has 0 radical (unpaired) electrons. The van der Waals surface area contributed by atoms with Crippen LogP contribution in [0.25, 0.3) is 0 Å². The maximum Gasteiger partial charge on any atom is 0.335 e. The molecule has 26 heavy (non-hydrogen) atoms. The summed E-state index contributed by atoms with van der Waals surface area (Å²) in [6, 6.07) is 10.3. The zero-order chi connectivity index (χ0) is 18.8. The third-order valence-electron chi connectivity index (χ3n) is 3.56. The molecule has 1 aliphatic rings. The molecular weight excluding hydrogens is 445 g/mol. The molecule has 0 aromatic heterocycles. The topological polar surface area (TPSA) is 78.8 Å². The molecule has 132 valence electrons. The Morgan fingerprint density at radius 1 is 1.08 bits per heavy atom. The van der Waals surface area contributed by atoms with Crippen molar-refractivity contribution in [1.29, 1.82) is 0 Å². The van der Waals surface area contributed by atoms with Crippen LogP contribution in [0.4, 0.5) is 16.2 Å². The van der Waals surface area contributed by atoms with Gasteiger partial charge in [0.05, 0.1) is 16.4 Å². The number of nitrogens with one attached hydrogen (secondary N) is 1. The van der Waals surface area contributed by atoms with Crippen LogP contribution in [0.15, 0.2) is 51.9 Å². The van der Waals surface area contributed by atoms with Crippen molar-refractivity contribution in [3.05, 3.63) is 57.0 Å². The molecule has 0 spiro atoms. The van der Waals surface area contributed by atoms with E-state index in [2.05, 4.69) is 26.2 Å². The highest BCUT2D eigenvalue weighted by atomic mass is 79.9. The Balaban J connectivity index is 1.90. The van der Waals surface area contributed by atoms with Crippen LogP contribution < -0.4 is 10.2 Å². The van der Waals surface area contributed by atoms with E-state index in [-0.39, 0.29) is 0 Å². The van der Waals surface area contributed by atoms with Crippen LogP contribution in [-0.4, -0.2) is 24.1 Å². The van der Waals surface area contributed by atoms with Crippen molar-refractivity contribution in [1.82, 2.24) is 5.32 Å². The van der Waals surface area contributed by atoms with Gasteiger partial charge in [0.2, 0.25) is 5.91 Å². The molecule has 1 saturated heterocycles. The lowest BCUT2D eigenvalue weighted by molar-refractivity contribution is -0.131. The van der Waals surface area contributed by atoms with Crippen LogP contribution in [0.1, 0.15) is 0 Å². The lowest BCUT2D eigenvalue weighted by atomic mass is 10.1. The summed E-state index contributed by atoms with van der Waals surface area (Å²) >= 11 is 15.2. The van der Waals surface area contributed by atoms with Gasteiger partial charge in [0, 0.05) is 15.7 Å². The van der Waals surface area contributed by atoms with Crippen molar-refractivity contribution in [2.75, 3.05) is 4.90 Å². The van der Waals surface area contributed by atoms with Gasteiger partial charge < -0.3 is 0 Å². The minimum atomic E-state index is -1.26. The van der Waals surface area contributed by atoms with Gasteiger partial charge in [-0.1, -0.05) is 39.1 Å². The third-order valence-corrected chi connectivity index (χ3v) is 4.61. The Kier molecular flexibility index (Phi) is 5.41. The van der Waals surface area contributed by atoms with E-state index in [0.29, 0.717) is 21.4 Å². The number of urea groups is 1. The number of aliphatic imine (C=N–C) groups is 1. The van der Waals surface area contributed by atoms with Gasteiger partial charge in [0.15, 0.2) is 5.92 Å². The van der Waals surface area contributed by atoms with Crippen molar-refractivity contribution in [3.8, 4) is 0 Å². The molecule has 1 aliphatic heterocycles. The largest absolute Gasteiger partial charge is 0.335 e. The fraction of sp³-hybridized carbons (Fsp3) is 0.0588. The van der Waals surface area contributed by atoms with Crippen LogP contribution in [-0.2, 0) is 9.59 Å². The first-order valence-corrected chi connectivity index (χ1v) is 8.85. The van der Waals surface area contributed by atoms with Crippen molar-refractivity contribution in [2.45, 2.75) is 0 Å². The minimum absolute atomic E-state index is 0.296. The summed E-state index contributed by atoms with van der Waals surface area (Å²) in [5.41, 5.74) is 0.690. The molecule has 0 unspecified atom stereocenters. The molecule has 0 saturated carbocycles. The van der Waals surface area contributed by atoms with Crippen LogP contribution in [0, 0.1) is 5.92 Å². The standard InChI is InChI=1S/C17H10BrCl2N3O3/c18-9-1-6-14(13(20)7-9)21-8-12-15(24)22-17(26)23(16(12)25)11-4-2-10(19)3-5-11/h1-8,12H,(H,22,24,26)/t12-/m1/s1. The number of barbiturate groups is 1. The fourth-order valence-electron chi connectivity index (χ4n) is 2.30. The van der Waals surface area contributed by atoms with Gasteiger partial charge in [-0.05, 0) is 42.5 Å². The van der Waals surface area contributed by atoms with Crippen LogP contribution in [0.2, 0.25) is 10.0 Å². The van der Waals surface area contributed by atoms with Crippen molar-refractivity contribution < 1.29 is 14.4 Å². The van der Waals surface area contributed by atoms with Gasteiger partial charge in [0.25, 0.3) is 5.91 Å². The molecule has 1 fully saturated rings. The Labute approximate surface area is 166 Å². The summed E-state index contributed by atoms with van der Waals surface area (Å²) in [5, 5.41) is 2.95. The summed E-state index contributed by atoms with van der Waals surface area (Å²) < 4.78 is 0.771. The molecule has 1 N–H and O–H groups in total. The smallest absolute Gasteiger partial charge is 0.276 e. The average molecular weight is 455 g/mol. The number of benzene rings is 2. The summed E-state index contributed by atoms with van der Waals surface area (Å²) in [4.78, 5) is 41.8. The zero-order valence-corrected chi connectivity index (χ0v) is 16.0. The Morgan fingerprint density at radius 3 is 2.42 bits per heavy atom. The number of carbonyl (C=O) groups is 3. The van der Waals surface area contributed by atoms with Gasteiger partial charge in [-0.25, -0.2) is 9.69 Å². The van der Waals surface area contributed by atoms with Crippen molar-refractivity contribution in [3.63, 3.8) is 0 Å². The molecule has 3 rings (SSSR count). The molecule has 1 heterocycles. The molecule has 2 aromatic carbocycles. The summed E-state index contributed by atoms with van der Waals surface area (Å²) in [6.07, 6.45) is 1.17. The number of amides is 4. The predicted molar refractivity (Wildman–Crippen MR) is 103 cm³/mol. The Morgan fingerprint density at radius 2 is 1.77 bits per heavy atom. The van der Waals surface area contributed by atoms with Crippen molar-refractivity contribution >= 4 is 74.6 Å². The minimum Gasteiger partial charge on any atom is -0.276 e. The highest BCUT2D eigenvalue weighted by molar-refractivity contribution is 9.10. The summed E-state index contributed by atoms with van der Waals surface area (Å²) in [7, 11) is 0. The molecule has 6 nitrogen and oxygen atoms in total. The van der Waals surface area contributed by atoms with E-state index in [0.717, 1.165) is 9.37 Å². The molecule has 1 atom stereocenters. The van der Waals surface area contributed by atoms with Crippen LogP contribution in [0.5, 0.6) is 0 Å². The number of halogens is 3. The molecular formula is C17H10BrCl2N3O3. The van der Waals surface area contributed by atoms with Crippen molar-refractivity contribution in [2.24, 2.45) is 10.9 Å². The lowest BCUT2D eigenvalue weighted by Crippen LogP contribution is -2.58. The first-order chi connectivity index (χ1) is 12.4. The SMILES string of the molecule is O=C1NC(=O)N(c2ccc(Cl)cc2)C(=O)[C@@H]1C=Nc1ccc(Br)cc1Cl. The lowest BCUT2D eigenvalue weighted by Gasteiger charge is -2.28. The molecule has 0 bridgehead atoms. The maximum atomic E-state index is 12.7. The van der Waals surface area contributed by atoms with Gasteiger partial charge in [-0.3, -0.25) is 19.9 Å². The van der Waals surface area contributed by atoms with Gasteiger partial charge in [-0.2, -0.15) is 0 Å². The quantitative estimate of drug-likeness (QED) is 0.552. The maximum absolute atomic E-state index is 12.7. The van der Waals surface area contributed by atoms with E-state index in [9.17, 15) is 14.4 Å². The highest BCUT2D eigenvalue weighted by Gasteiger charge is 2.40. The highest BCUT2D eigenvalue weighted by Crippen LogP contribution is 2.28. The Hall–Kier alpha value is -2.22. The fourth-order valence-corrected chi connectivity index (χ4v) is 3.15. The zero-order valence-electron chi connectivity index (χ0n) is 12.9. The molecule has 2 aromatic rings. The van der Waals surface area contributed by atoms with Crippen LogP contribution >= 0.6 is 39.1 Å². The second kappa shape index (κ2) is 7.57. The number of nitrogens with zero attached hydrogens (tertiary/aromatic N) is 2. The number of hydrogen-bond donors (Lipinski definition) is 1. The number of anilines is 1. The number of imide groups is 2. The van der Waals surface area contributed by atoms with Gasteiger partial charge in [0.1, 0.15) is 0 Å². The van der Waals surface area contributed by atoms with E-state index in [1.54, 1.807) is 30.3 Å². The number of hydrogen-bond acceptors (Lipinski definition) is 4. The van der Waals surface area contributed by atoms with E-state index >= 15 is 0 Å². The Bertz CT molecular complexity index is 931. The monoisotopic (exact) mass is 453 g/mol. The van der Waals surface area contributed by atoms with E-state index in [1.807, 2.05) is 0 Å². The van der Waals surface area contributed by atoms with Crippen LogP contribution in [0.3, 0.4) is 0 Å². The van der Waals surface area contributed by atoms with Gasteiger partial charge >= 0.3 is 6.03 Å². The molecule has 4 amide bonds. The van der Waals surface area contributed by atoms with Gasteiger partial charge in [-0.15, -0.1) is 0 Å².